The van der Waals surface area contributed by atoms with Crippen molar-refractivity contribution in [3.63, 3.8) is 0 Å². The fourth-order valence-corrected chi connectivity index (χ4v) is 6.42. The van der Waals surface area contributed by atoms with E-state index in [1.807, 2.05) is 37.3 Å². The molecule has 0 radical (unpaired) electrons. The Morgan fingerprint density at radius 2 is 1.80 bits per heavy atom. The molecule has 0 unspecified atom stereocenters. The zero-order chi connectivity index (χ0) is 21.0. The standard InChI is InChI=1S/C25H28O5/c1-25-12-11-18-17-10-8-16(30-24(29)14-5-3-2-4-6-14)13-15(17)7-9-19(18)20(25)21(26)22(27)23(25)28/h2-6,8,10,13,18-23,26-28H,7,9,11-12H2,1H3/t18-,19-,20-,21-,22-,23+,25+/m1/s1. The first-order valence-corrected chi connectivity index (χ1v) is 10.8. The maximum atomic E-state index is 12.4. The van der Waals surface area contributed by atoms with Crippen LogP contribution < -0.4 is 4.74 Å². The van der Waals surface area contributed by atoms with Crippen molar-refractivity contribution in [3.05, 3.63) is 65.2 Å². The molecule has 3 N–H and O–H groups in total. The second-order valence-corrected chi connectivity index (χ2v) is 9.42. The summed E-state index contributed by atoms with van der Waals surface area (Å²) in [4.78, 5) is 12.4. The maximum absolute atomic E-state index is 12.4. The van der Waals surface area contributed by atoms with E-state index < -0.39 is 23.7 Å². The van der Waals surface area contributed by atoms with Crippen LogP contribution in [0.5, 0.6) is 5.75 Å². The molecule has 2 saturated carbocycles. The van der Waals surface area contributed by atoms with Gasteiger partial charge in [-0.1, -0.05) is 31.2 Å². The lowest BCUT2D eigenvalue weighted by Gasteiger charge is -2.50. The number of rotatable bonds is 2. The number of aryl methyl sites for hydroxylation is 1. The molecule has 0 aliphatic heterocycles. The highest BCUT2D eigenvalue weighted by molar-refractivity contribution is 5.91. The van der Waals surface area contributed by atoms with E-state index >= 15 is 0 Å². The second-order valence-electron chi connectivity index (χ2n) is 9.42. The first-order valence-electron chi connectivity index (χ1n) is 10.8. The zero-order valence-corrected chi connectivity index (χ0v) is 17.1. The summed E-state index contributed by atoms with van der Waals surface area (Å²) in [5, 5.41) is 31.6. The molecule has 0 heterocycles. The number of fused-ring (bicyclic) bond motifs is 5. The molecular weight excluding hydrogens is 380 g/mol. The highest BCUT2D eigenvalue weighted by atomic mass is 16.5. The van der Waals surface area contributed by atoms with Gasteiger partial charge in [-0.2, -0.15) is 0 Å². The van der Waals surface area contributed by atoms with Crippen molar-refractivity contribution < 1.29 is 24.9 Å². The van der Waals surface area contributed by atoms with E-state index in [4.69, 9.17) is 4.74 Å². The maximum Gasteiger partial charge on any atom is 0.343 e. The van der Waals surface area contributed by atoms with Crippen LogP contribution in [0.3, 0.4) is 0 Å². The molecular formula is C25H28O5. The van der Waals surface area contributed by atoms with Gasteiger partial charge in [0.05, 0.1) is 17.8 Å². The molecule has 5 nitrogen and oxygen atoms in total. The summed E-state index contributed by atoms with van der Waals surface area (Å²) in [5.41, 5.74) is 2.51. The Morgan fingerprint density at radius 3 is 2.57 bits per heavy atom. The van der Waals surface area contributed by atoms with Crippen molar-refractivity contribution in [2.75, 3.05) is 0 Å². The lowest BCUT2D eigenvalue weighted by Crippen LogP contribution is -2.46. The van der Waals surface area contributed by atoms with E-state index in [0.717, 1.165) is 25.7 Å². The number of aliphatic hydroxyl groups excluding tert-OH is 3. The summed E-state index contributed by atoms with van der Waals surface area (Å²) < 4.78 is 5.59. The number of ether oxygens (including phenoxy) is 1. The van der Waals surface area contributed by atoms with Gasteiger partial charge in [0.25, 0.3) is 0 Å². The Bertz CT molecular complexity index is 957. The minimum Gasteiger partial charge on any atom is -0.423 e. The lowest BCUT2D eigenvalue weighted by molar-refractivity contribution is -0.0505. The van der Waals surface area contributed by atoms with E-state index in [2.05, 4.69) is 6.07 Å². The summed E-state index contributed by atoms with van der Waals surface area (Å²) in [7, 11) is 0. The van der Waals surface area contributed by atoms with Gasteiger partial charge in [0.2, 0.25) is 0 Å². The molecule has 7 atom stereocenters. The topological polar surface area (TPSA) is 87.0 Å². The minimum absolute atomic E-state index is 0.106. The summed E-state index contributed by atoms with van der Waals surface area (Å²) in [5.74, 6) is 0.599. The minimum atomic E-state index is -1.07. The number of hydrogen-bond acceptors (Lipinski definition) is 5. The Kier molecular flexibility index (Phi) is 4.73. The van der Waals surface area contributed by atoms with Crippen molar-refractivity contribution in [1.82, 2.24) is 0 Å². The van der Waals surface area contributed by atoms with E-state index in [0.29, 0.717) is 11.3 Å². The van der Waals surface area contributed by atoms with Crippen molar-refractivity contribution in [1.29, 1.82) is 0 Å². The van der Waals surface area contributed by atoms with Crippen LogP contribution in [0.1, 0.15) is 53.6 Å². The van der Waals surface area contributed by atoms with Gasteiger partial charge >= 0.3 is 5.97 Å². The van der Waals surface area contributed by atoms with Crippen molar-refractivity contribution in [3.8, 4) is 5.75 Å². The van der Waals surface area contributed by atoms with Crippen LogP contribution in [0.15, 0.2) is 48.5 Å². The molecule has 3 aliphatic carbocycles. The van der Waals surface area contributed by atoms with Crippen LogP contribution in [-0.4, -0.2) is 39.6 Å². The fraction of sp³-hybridized carbons (Fsp3) is 0.480. The number of aliphatic hydroxyl groups is 3. The van der Waals surface area contributed by atoms with Crippen LogP contribution in [0.4, 0.5) is 0 Å². The van der Waals surface area contributed by atoms with Gasteiger partial charge in [-0.05, 0) is 78.8 Å². The molecule has 5 rings (SSSR count). The molecule has 0 aromatic heterocycles. The van der Waals surface area contributed by atoms with Crippen LogP contribution in [0, 0.1) is 17.3 Å². The highest BCUT2D eigenvalue weighted by Gasteiger charge is 2.62. The quantitative estimate of drug-likeness (QED) is 0.525. The molecule has 158 valence electrons. The number of carbonyl (C=O) groups is 1. The third-order valence-corrected chi connectivity index (χ3v) is 7.93. The van der Waals surface area contributed by atoms with Crippen molar-refractivity contribution in [2.45, 2.75) is 56.8 Å². The predicted octanol–water partition coefficient (Wildman–Crippen LogP) is 3.06. The van der Waals surface area contributed by atoms with Crippen LogP contribution in [-0.2, 0) is 6.42 Å². The molecule has 0 saturated heterocycles. The molecule has 2 aromatic rings. The molecule has 0 amide bonds. The van der Waals surface area contributed by atoms with Gasteiger partial charge in [0.1, 0.15) is 11.9 Å². The van der Waals surface area contributed by atoms with Gasteiger partial charge in [-0.25, -0.2) is 4.79 Å². The fourth-order valence-electron chi connectivity index (χ4n) is 6.42. The first-order chi connectivity index (χ1) is 14.4. The predicted molar refractivity (Wildman–Crippen MR) is 111 cm³/mol. The van der Waals surface area contributed by atoms with E-state index in [1.165, 1.54) is 11.1 Å². The van der Waals surface area contributed by atoms with Gasteiger partial charge in [0, 0.05) is 5.41 Å². The highest BCUT2D eigenvalue weighted by Crippen LogP contribution is 2.61. The Morgan fingerprint density at radius 1 is 1.03 bits per heavy atom. The number of esters is 1. The average Bonchev–Trinajstić information content (AvgIpc) is 2.94. The molecule has 2 aromatic carbocycles. The monoisotopic (exact) mass is 408 g/mol. The molecule has 2 fully saturated rings. The number of carbonyl (C=O) groups excluding carboxylic acids is 1. The number of benzene rings is 2. The van der Waals surface area contributed by atoms with Gasteiger partial charge in [-0.3, -0.25) is 0 Å². The first kappa shape index (κ1) is 19.7. The van der Waals surface area contributed by atoms with Crippen LogP contribution >= 0.6 is 0 Å². The Balaban J connectivity index is 1.39. The third kappa shape index (κ3) is 2.91. The summed E-state index contributed by atoms with van der Waals surface area (Å²) in [6.45, 7) is 2.01. The summed E-state index contributed by atoms with van der Waals surface area (Å²) in [6, 6.07) is 14.8. The van der Waals surface area contributed by atoms with E-state index in [1.54, 1.807) is 12.1 Å². The lowest BCUT2D eigenvalue weighted by atomic mass is 9.55. The molecule has 5 heteroatoms. The molecule has 0 bridgehead atoms. The Hall–Kier alpha value is -2.21. The van der Waals surface area contributed by atoms with E-state index in [-0.39, 0.29) is 23.7 Å². The van der Waals surface area contributed by atoms with E-state index in [9.17, 15) is 20.1 Å². The summed E-state index contributed by atoms with van der Waals surface area (Å²) in [6.07, 6.45) is 0.594. The smallest absolute Gasteiger partial charge is 0.343 e. The molecule has 0 spiro atoms. The molecule has 3 aliphatic rings. The van der Waals surface area contributed by atoms with Crippen LogP contribution in [0.25, 0.3) is 0 Å². The largest absolute Gasteiger partial charge is 0.423 e. The zero-order valence-electron chi connectivity index (χ0n) is 17.1. The SMILES string of the molecule is C[C@]12CC[C@@H]3c4ccc(OC(=O)c5ccccc5)cc4CC[C@H]3[C@@H]1[C@@H](O)[C@@H](O)[C@@H]2O. The van der Waals surface area contributed by atoms with Crippen molar-refractivity contribution >= 4 is 5.97 Å². The molecule has 30 heavy (non-hydrogen) atoms. The second kappa shape index (κ2) is 7.19. The third-order valence-electron chi connectivity index (χ3n) is 7.93. The van der Waals surface area contributed by atoms with Crippen LogP contribution in [0.2, 0.25) is 0 Å². The van der Waals surface area contributed by atoms with Gasteiger partial charge < -0.3 is 20.1 Å². The van der Waals surface area contributed by atoms with Gasteiger partial charge in [0.15, 0.2) is 0 Å². The average molecular weight is 408 g/mol. The van der Waals surface area contributed by atoms with Gasteiger partial charge in [-0.15, -0.1) is 0 Å². The number of hydrogen-bond donors (Lipinski definition) is 3. The normalized spacial score (nSPS) is 37.1. The Labute approximate surface area is 176 Å². The van der Waals surface area contributed by atoms with Crippen molar-refractivity contribution in [2.24, 2.45) is 17.3 Å². The summed E-state index contributed by atoms with van der Waals surface area (Å²) >= 11 is 0.